The Morgan fingerprint density at radius 3 is 0.963 bits per heavy atom. The molecule has 0 unspecified atom stereocenters. The molecule has 0 aromatic heterocycles. The molecule has 150 valence electrons. The molecule has 0 aliphatic carbocycles. The molecule has 0 heterocycles. The van der Waals surface area contributed by atoms with Crippen LogP contribution in [0.4, 0.5) is 0 Å². The second kappa shape index (κ2) is 16.8. The van der Waals surface area contributed by atoms with Crippen LogP contribution in [0, 0.1) is 13.8 Å². The molecule has 27 heavy (non-hydrogen) atoms. The fraction of sp³-hybridized carbons (Fsp3) is 0.143. The van der Waals surface area contributed by atoms with E-state index in [1.54, 1.807) is 0 Å². The molecule has 0 radical (unpaired) electrons. The smallest absolute Gasteiger partial charge is 1.00 e. The Bertz CT molecular complexity index is 642. The van der Waals surface area contributed by atoms with E-state index in [1.165, 1.54) is 0 Å². The van der Waals surface area contributed by atoms with Crippen LogP contribution in [0.3, 0.4) is 0 Å². The van der Waals surface area contributed by atoms with E-state index < -0.39 is 13.4 Å². The van der Waals surface area contributed by atoms with Gasteiger partial charge in [-0.3, -0.25) is 0 Å². The minimum Gasteiger partial charge on any atom is -1.00 e. The predicted octanol–water partition coefficient (Wildman–Crippen LogP) is 0.789. The van der Waals surface area contributed by atoms with Crippen molar-refractivity contribution >= 4 is 60.3 Å². The summed E-state index contributed by atoms with van der Waals surface area (Å²) < 4.78 is 0. The van der Waals surface area contributed by atoms with Crippen molar-refractivity contribution in [3.8, 4) is 0 Å². The van der Waals surface area contributed by atoms with Crippen LogP contribution in [0.1, 0.15) is 12.6 Å². The molecule has 0 atom stereocenters. The van der Waals surface area contributed by atoms with E-state index in [0.29, 0.717) is 0 Å². The van der Waals surface area contributed by atoms with Crippen molar-refractivity contribution in [2.45, 2.75) is 13.8 Å². The summed E-state index contributed by atoms with van der Waals surface area (Å²) in [5.74, 6) is 0. The fourth-order valence-corrected chi connectivity index (χ4v) is 1.37. The van der Waals surface area contributed by atoms with Crippen molar-refractivity contribution in [2.75, 3.05) is 0 Å². The first-order valence-corrected chi connectivity index (χ1v) is 12.7. The summed E-state index contributed by atoms with van der Waals surface area (Å²) in [6, 6.07) is 15.5. The molecule has 0 fully saturated rings. The first kappa shape index (κ1) is 32.7. The molecule has 0 aliphatic heterocycles. The number of hydrogen-bond donors (Lipinski definition) is 6. The topological polar surface area (TPSA) is 121 Å². The Balaban J connectivity index is -0.000000138. The van der Waals surface area contributed by atoms with Crippen LogP contribution in [-0.2, 0) is 23.6 Å². The summed E-state index contributed by atoms with van der Waals surface area (Å²) in [6.07, 6.45) is 0. The average Bonchev–Trinajstić information content (AvgIpc) is 2.43. The van der Waals surface area contributed by atoms with Crippen molar-refractivity contribution in [1.82, 2.24) is 0 Å². The molecular weight excluding hydrogens is 484 g/mol. The predicted molar refractivity (Wildman–Crippen MR) is 115 cm³/mol. The van der Waals surface area contributed by atoms with Crippen molar-refractivity contribution in [1.29, 1.82) is 0 Å². The van der Waals surface area contributed by atoms with E-state index >= 15 is 0 Å². The Kier molecular flexibility index (Phi) is 20.4. The number of aryl methyl sites for hydroxylation is 2. The summed E-state index contributed by atoms with van der Waals surface area (Å²) in [5, 5.41) is 1.68. The van der Waals surface area contributed by atoms with Gasteiger partial charge in [0, 0.05) is 10.0 Å². The van der Waals surface area contributed by atoms with Crippen molar-refractivity contribution < 1.29 is 60.3 Å². The Morgan fingerprint density at radius 1 is 0.667 bits per heavy atom. The quantitative estimate of drug-likeness (QED) is 0.230. The summed E-state index contributed by atoms with van der Waals surface area (Å²) in [4.78, 5) is 45.3. The second-order valence-corrected chi connectivity index (χ2v) is 10.3. The molecule has 0 amide bonds. The van der Waals surface area contributed by atoms with Gasteiger partial charge in [-0.05, 0) is 60.7 Å². The first-order chi connectivity index (χ1) is 11.6. The van der Waals surface area contributed by atoms with Gasteiger partial charge < -0.3 is 30.8 Å². The van der Waals surface area contributed by atoms with Crippen LogP contribution in [0.5, 0.6) is 0 Å². The normalized spacial score (nSPS) is 9.85. The van der Waals surface area contributed by atoms with Crippen LogP contribution in [0.15, 0.2) is 48.5 Å². The van der Waals surface area contributed by atoms with Gasteiger partial charge in [-0.15, -0.1) is 0 Å². The maximum atomic E-state index is 7.56. The van der Waals surface area contributed by atoms with E-state index in [4.69, 9.17) is 52.6 Å². The van der Waals surface area contributed by atoms with Crippen molar-refractivity contribution in [2.24, 2.45) is 0 Å². The summed E-state index contributed by atoms with van der Waals surface area (Å²) in [6.45, 7) is -3.63. The Morgan fingerprint density at radius 2 is 0.852 bits per heavy atom. The molecule has 6 N–H and O–H groups in total. The molecule has 0 aliphatic rings. The van der Waals surface area contributed by atoms with E-state index in [0.717, 1.165) is 21.2 Å². The molecule has 0 spiro atoms. The van der Waals surface area contributed by atoms with E-state index in [9.17, 15) is 0 Å². The van der Waals surface area contributed by atoms with Crippen LogP contribution in [0.2, 0.25) is 10.0 Å². The largest absolute Gasteiger partial charge is 1.00 e. The molecule has 2 aromatic carbocycles. The molecule has 13 heteroatoms. The minimum absolute atomic E-state index is 0. The van der Waals surface area contributed by atoms with E-state index in [1.807, 2.05) is 62.4 Å². The minimum atomic E-state index is -3.81. The molecule has 6 nitrogen and oxygen atoms in total. The van der Waals surface area contributed by atoms with Gasteiger partial charge in [0.25, 0.3) is 0 Å². The van der Waals surface area contributed by atoms with Crippen LogP contribution >= 0.6 is 36.6 Å². The van der Waals surface area contributed by atoms with Gasteiger partial charge in [0.2, 0.25) is 0 Å². The zero-order chi connectivity index (χ0) is 21.0. The van der Waals surface area contributed by atoms with Crippen molar-refractivity contribution in [3.63, 3.8) is 0 Å². The third-order valence-electron chi connectivity index (χ3n) is 2.15. The van der Waals surface area contributed by atoms with Gasteiger partial charge in [-0.25, -0.2) is 0 Å². The van der Waals surface area contributed by atoms with Crippen molar-refractivity contribution in [3.05, 3.63) is 69.7 Å². The zero-order valence-corrected chi connectivity index (χ0v) is 21.7. The third kappa shape index (κ3) is 32.0. The van der Waals surface area contributed by atoms with Gasteiger partial charge >= 0.3 is 43.0 Å². The summed E-state index contributed by atoms with van der Waals surface area (Å²) in [7, 11) is 0. The Hall–Kier alpha value is 1.08. The van der Waals surface area contributed by atoms with Gasteiger partial charge in [-0.2, -0.15) is 0 Å². The summed E-state index contributed by atoms with van der Waals surface area (Å²) >= 11 is 18.6. The first-order valence-electron chi connectivity index (χ1n) is 6.60. The zero-order valence-electron chi connectivity index (χ0n) is 15.8. The van der Waals surface area contributed by atoms with Gasteiger partial charge in [0.15, 0.2) is 0 Å². The van der Waals surface area contributed by atoms with Crippen LogP contribution in [-0.4, -0.2) is 29.4 Å². The van der Waals surface area contributed by atoms with E-state index in [2.05, 4.69) is 23.6 Å². The second-order valence-electron chi connectivity index (χ2n) is 4.52. The maximum Gasteiger partial charge on any atom is 1.00 e. The average molecular weight is 505 g/mol. The van der Waals surface area contributed by atoms with Gasteiger partial charge in [0.1, 0.15) is 0 Å². The monoisotopic (exact) mass is 504 g/mol. The molecule has 2 aromatic rings. The van der Waals surface area contributed by atoms with E-state index in [-0.39, 0.29) is 31.0 Å². The van der Waals surface area contributed by atoms with Gasteiger partial charge in [-0.1, -0.05) is 59.6 Å². The molecule has 2 rings (SSSR count). The maximum absolute atomic E-state index is 7.56. The number of hydrogen-bond acceptors (Lipinski definition) is 2. The number of benzene rings is 2. The molecule has 0 saturated carbocycles. The SMILES string of the molecule is Cc1ccccc1Cl.Cc1ccccc1Cl.OP(O)(O)=S.OP(O)(O)=S.[H-].[Na+]. The molecule has 0 saturated heterocycles. The molecular formula is C14H21Cl2NaO6P2S2. The van der Waals surface area contributed by atoms with Crippen LogP contribution in [0.25, 0.3) is 0 Å². The number of rotatable bonds is 0. The third-order valence-corrected chi connectivity index (χ3v) is 3.00. The molecule has 0 bridgehead atoms. The van der Waals surface area contributed by atoms with Gasteiger partial charge in [0.05, 0.1) is 0 Å². The fourth-order valence-electron chi connectivity index (χ4n) is 1.10. The standard InChI is InChI=1S/2C7H7Cl.Na.2H3O3PS.H/c2*1-6-4-2-3-5-7(6)8;;2*1-4(2,3)5;/h2*2-5H,1H3;;2*(H3,1,2,3,5);/q;;+1;;;-1. The summed E-state index contributed by atoms with van der Waals surface area (Å²) in [5.41, 5.74) is 2.27. The van der Waals surface area contributed by atoms with Crippen LogP contribution < -0.4 is 29.6 Å². The Labute approximate surface area is 202 Å². The number of halogens is 2.